The normalized spacial score (nSPS) is 11.2. The molecule has 0 fully saturated rings. The van der Waals surface area contributed by atoms with Crippen molar-refractivity contribution in [3.63, 3.8) is 0 Å². The summed E-state index contributed by atoms with van der Waals surface area (Å²) in [6, 6.07) is 7.14. The van der Waals surface area contributed by atoms with Crippen LogP contribution in [0.25, 0.3) is 10.9 Å². The third-order valence-electron chi connectivity index (χ3n) is 5.05. The SMILES string of the molecule is CCOC(=O)c1c(C)[nH]c(C(=O)CN(CC)Cc2nc3ccccc3c(=O)[nH]2)c1C. The maximum Gasteiger partial charge on any atom is 0.340 e. The highest BCUT2D eigenvalue weighted by Crippen LogP contribution is 2.20. The standard InChI is InChI=1S/C22H26N4O4/c1-5-26(12-18-24-16-10-8-7-9-15(16)21(28)25-18)11-17(27)20-13(3)19(14(4)23-20)22(29)30-6-2/h7-10,23H,5-6,11-12H2,1-4H3,(H,24,25,28). The van der Waals surface area contributed by atoms with Gasteiger partial charge in [-0.1, -0.05) is 19.1 Å². The van der Waals surface area contributed by atoms with Gasteiger partial charge in [-0.05, 0) is 45.0 Å². The number of hydrogen-bond donors (Lipinski definition) is 2. The van der Waals surface area contributed by atoms with Crippen molar-refractivity contribution in [2.24, 2.45) is 0 Å². The number of para-hydroxylation sites is 1. The molecule has 0 saturated carbocycles. The molecule has 0 bridgehead atoms. The predicted molar refractivity (Wildman–Crippen MR) is 114 cm³/mol. The molecule has 0 saturated heterocycles. The van der Waals surface area contributed by atoms with Gasteiger partial charge in [-0.3, -0.25) is 14.5 Å². The van der Waals surface area contributed by atoms with Crippen molar-refractivity contribution in [1.82, 2.24) is 19.9 Å². The molecule has 2 N–H and O–H groups in total. The molecular weight excluding hydrogens is 384 g/mol. The number of aryl methyl sites for hydroxylation is 1. The number of aromatic nitrogens is 3. The topological polar surface area (TPSA) is 108 Å². The summed E-state index contributed by atoms with van der Waals surface area (Å²) in [6.07, 6.45) is 0. The molecule has 3 aromatic rings. The average Bonchev–Trinajstić information content (AvgIpc) is 3.02. The number of hydrogen-bond acceptors (Lipinski definition) is 6. The maximum absolute atomic E-state index is 12.9. The van der Waals surface area contributed by atoms with Gasteiger partial charge in [0.25, 0.3) is 5.56 Å². The van der Waals surface area contributed by atoms with Gasteiger partial charge >= 0.3 is 5.97 Å². The fourth-order valence-electron chi connectivity index (χ4n) is 3.52. The van der Waals surface area contributed by atoms with Gasteiger partial charge in [-0.25, -0.2) is 9.78 Å². The molecule has 0 aliphatic heterocycles. The Morgan fingerprint density at radius 2 is 1.87 bits per heavy atom. The first-order chi connectivity index (χ1) is 14.3. The summed E-state index contributed by atoms with van der Waals surface area (Å²) in [5.41, 5.74) is 2.42. The zero-order valence-corrected chi connectivity index (χ0v) is 17.7. The molecule has 0 spiro atoms. The average molecular weight is 410 g/mol. The van der Waals surface area contributed by atoms with E-state index in [4.69, 9.17) is 4.74 Å². The van der Waals surface area contributed by atoms with E-state index in [0.29, 0.717) is 52.3 Å². The number of ketones is 1. The van der Waals surface area contributed by atoms with Gasteiger partial charge in [0.1, 0.15) is 5.82 Å². The van der Waals surface area contributed by atoms with Crippen LogP contribution in [0.3, 0.4) is 0 Å². The van der Waals surface area contributed by atoms with Crippen LogP contribution in [-0.4, -0.2) is 51.3 Å². The lowest BCUT2D eigenvalue weighted by Crippen LogP contribution is -2.31. The number of esters is 1. The molecule has 0 amide bonds. The van der Waals surface area contributed by atoms with Gasteiger partial charge in [-0.15, -0.1) is 0 Å². The lowest BCUT2D eigenvalue weighted by molar-refractivity contribution is 0.0525. The van der Waals surface area contributed by atoms with Crippen molar-refractivity contribution >= 4 is 22.7 Å². The number of ether oxygens (including phenoxy) is 1. The summed E-state index contributed by atoms with van der Waals surface area (Å²) < 4.78 is 5.09. The molecule has 2 heterocycles. The minimum absolute atomic E-state index is 0.121. The van der Waals surface area contributed by atoms with Crippen LogP contribution < -0.4 is 5.56 Å². The number of likely N-dealkylation sites (N-methyl/N-ethyl adjacent to an activating group) is 1. The van der Waals surface area contributed by atoms with E-state index < -0.39 is 5.97 Å². The lowest BCUT2D eigenvalue weighted by Gasteiger charge is -2.19. The van der Waals surface area contributed by atoms with Gasteiger partial charge in [0.05, 0.1) is 41.9 Å². The van der Waals surface area contributed by atoms with E-state index in [-0.39, 0.29) is 24.5 Å². The number of nitrogens with zero attached hydrogens (tertiary/aromatic N) is 2. The second-order valence-electron chi connectivity index (χ2n) is 7.10. The van der Waals surface area contributed by atoms with Crippen molar-refractivity contribution in [3.8, 4) is 0 Å². The molecule has 158 valence electrons. The first-order valence-corrected chi connectivity index (χ1v) is 9.95. The number of aromatic amines is 2. The molecule has 0 radical (unpaired) electrons. The van der Waals surface area contributed by atoms with Crippen LogP contribution in [-0.2, 0) is 11.3 Å². The Morgan fingerprint density at radius 3 is 2.57 bits per heavy atom. The largest absolute Gasteiger partial charge is 0.462 e. The molecule has 8 heteroatoms. The van der Waals surface area contributed by atoms with Gasteiger partial charge in [0.15, 0.2) is 5.78 Å². The summed E-state index contributed by atoms with van der Waals surface area (Å²) in [4.78, 5) is 49.6. The van der Waals surface area contributed by atoms with Crippen LogP contribution in [0.5, 0.6) is 0 Å². The van der Waals surface area contributed by atoms with E-state index in [1.807, 2.05) is 17.9 Å². The van der Waals surface area contributed by atoms with Crippen molar-refractivity contribution in [3.05, 3.63) is 63.0 Å². The fourth-order valence-corrected chi connectivity index (χ4v) is 3.52. The van der Waals surface area contributed by atoms with Crippen LogP contribution in [0.15, 0.2) is 29.1 Å². The first-order valence-electron chi connectivity index (χ1n) is 9.95. The number of nitrogens with one attached hydrogen (secondary N) is 2. The molecule has 1 aromatic carbocycles. The zero-order chi connectivity index (χ0) is 21.8. The molecule has 0 unspecified atom stereocenters. The number of benzene rings is 1. The second kappa shape index (κ2) is 9.04. The van der Waals surface area contributed by atoms with Crippen molar-refractivity contribution < 1.29 is 14.3 Å². The quantitative estimate of drug-likeness (QED) is 0.437. The van der Waals surface area contributed by atoms with Crippen molar-refractivity contribution in [1.29, 1.82) is 0 Å². The summed E-state index contributed by atoms with van der Waals surface area (Å²) in [7, 11) is 0. The third kappa shape index (κ3) is 4.33. The van der Waals surface area contributed by atoms with Crippen LogP contribution in [0.4, 0.5) is 0 Å². The Balaban J connectivity index is 1.80. The maximum atomic E-state index is 12.9. The number of fused-ring (bicyclic) bond motifs is 1. The van der Waals surface area contributed by atoms with Crippen molar-refractivity contribution in [2.45, 2.75) is 34.2 Å². The van der Waals surface area contributed by atoms with E-state index in [1.165, 1.54) is 0 Å². The Labute approximate surface area is 174 Å². The minimum atomic E-state index is -0.437. The van der Waals surface area contributed by atoms with Gasteiger partial charge in [-0.2, -0.15) is 0 Å². The zero-order valence-electron chi connectivity index (χ0n) is 17.7. The van der Waals surface area contributed by atoms with E-state index in [2.05, 4.69) is 15.0 Å². The molecule has 0 aliphatic rings. The van der Waals surface area contributed by atoms with Gasteiger partial charge < -0.3 is 14.7 Å². The molecule has 0 atom stereocenters. The highest BCUT2D eigenvalue weighted by Gasteiger charge is 2.24. The number of carbonyl (C=O) groups is 2. The molecule has 8 nitrogen and oxygen atoms in total. The predicted octanol–water partition coefficient (Wildman–Crippen LogP) is 2.75. The monoisotopic (exact) mass is 410 g/mol. The van der Waals surface area contributed by atoms with E-state index in [9.17, 15) is 14.4 Å². The van der Waals surface area contributed by atoms with E-state index in [0.717, 1.165) is 0 Å². The molecular formula is C22H26N4O4. The smallest absolute Gasteiger partial charge is 0.340 e. The molecule has 0 aliphatic carbocycles. The Kier molecular flexibility index (Phi) is 6.47. The molecule has 2 aromatic heterocycles. The first kappa shape index (κ1) is 21.4. The summed E-state index contributed by atoms with van der Waals surface area (Å²) >= 11 is 0. The number of carbonyl (C=O) groups excluding carboxylic acids is 2. The Morgan fingerprint density at radius 1 is 1.13 bits per heavy atom. The summed E-state index contributed by atoms with van der Waals surface area (Å²) in [5, 5.41) is 0.532. The third-order valence-corrected chi connectivity index (χ3v) is 5.05. The molecule has 30 heavy (non-hydrogen) atoms. The fraction of sp³-hybridized carbons (Fsp3) is 0.364. The van der Waals surface area contributed by atoms with Gasteiger partial charge in [0.2, 0.25) is 0 Å². The Bertz CT molecular complexity index is 1150. The number of rotatable bonds is 8. The summed E-state index contributed by atoms with van der Waals surface area (Å²) in [5.74, 6) is -0.0795. The van der Waals surface area contributed by atoms with E-state index >= 15 is 0 Å². The van der Waals surface area contributed by atoms with Crippen LogP contribution >= 0.6 is 0 Å². The Hall–Kier alpha value is -3.26. The van der Waals surface area contributed by atoms with Crippen LogP contribution in [0.2, 0.25) is 0 Å². The van der Waals surface area contributed by atoms with Gasteiger partial charge in [0, 0.05) is 5.69 Å². The number of Topliss-reactive ketones (excluding diaryl/α,β-unsaturated/α-hetero) is 1. The highest BCUT2D eigenvalue weighted by molar-refractivity contribution is 6.02. The van der Waals surface area contributed by atoms with E-state index in [1.54, 1.807) is 39.0 Å². The second-order valence-corrected chi connectivity index (χ2v) is 7.10. The highest BCUT2D eigenvalue weighted by atomic mass is 16.5. The molecule has 3 rings (SSSR count). The van der Waals surface area contributed by atoms with Crippen molar-refractivity contribution in [2.75, 3.05) is 19.7 Å². The minimum Gasteiger partial charge on any atom is -0.462 e. The van der Waals surface area contributed by atoms with Crippen LogP contribution in [0, 0.1) is 13.8 Å². The van der Waals surface area contributed by atoms with Crippen LogP contribution in [0.1, 0.15) is 51.8 Å². The lowest BCUT2D eigenvalue weighted by atomic mass is 10.1. The summed E-state index contributed by atoms with van der Waals surface area (Å²) in [6.45, 7) is 8.47. The number of H-pyrrole nitrogens is 2.